The zero-order chi connectivity index (χ0) is 22.2. The normalized spacial score (nSPS) is 10.8. The Balaban J connectivity index is 1.65. The average Bonchev–Trinajstić information content (AvgIpc) is 3.19. The standard InChI is InChI=1S/C24H28N4O3/c1-5-31-22-16-18(8-12-21(22)30-4)9-13-24(29)26-23-14-15-25-28(23)17-19-6-10-20(11-7-19)27(2)3/h6-16H,5,17H2,1-4H3,(H,26,29)/b13-9+. The molecule has 0 fully saturated rings. The molecule has 1 aromatic heterocycles. The zero-order valence-electron chi connectivity index (χ0n) is 18.3. The van der Waals surface area contributed by atoms with Crippen molar-refractivity contribution in [2.24, 2.45) is 0 Å². The lowest BCUT2D eigenvalue weighted by Gasteiger charge is -2.13. The molecule has 0 bridgehead atoms. The van der Waals surface area contributed by atoms with E-state index in [1.807, 2.05) is 39.2 Å². The van der Waals surface area contributed by atoms with Crippen molar-refractivity contribution in [2.45, 2.75) is 13.5 Å². The fourth-order valence-corrected chi connectivity index (χ4v) is 3.04. The van der Waals surface area contributed by atoms with E-state index in [1.54, 1.807) is 30.1 Å². The molecule has 0 atom stereocenters. The molecular weight excluding hydrogens is 392 g/mol. The molecule has 162 valence electrons. The lowest BCUT2D eigenvalue weighted by Crippen LogP contribution is -2.14. The van der Waals surface area contributed by atoms with Crippen molar-refractivity contribution in [3.63, 3.8) is 0 Å². The maximum absolute atomic E-state index is 12.4. The Labute approximate surface area is 182 Å². The van der Waals surface area contributed by atoms with Crippen LogP contribution < -0.4 is 19.7 Å². The minimum atomic E-state index is -0.238. The Morgan fingerprint density at radius 3 is 2.58 bits per heavy atom. The van der Waals surface area contributed by atoms with Crippen molar-refractivity contribution in [3.8, 4) is 11.5 Å². The van der Waals surface area contributed by atoms with Crippen LogP contribution in [-0.2, 0) is 11.3 Å². The molecule has 0 unspecified atom stereocenters. The first kappa shape index (κ1) is 22.0. The first-order valence-corrected chi connectivity index (χ1v) is 10.1. The van der Waals surface area contributed by atoms with Gasteiger partial charge in [0, 0.05) is 31.9 Å². The highest BCUT2D eigenvalue weighted by atomic mass is 16.5. The second kappa shape index (κ2) is 10.3. The van der Waals surface area contributed by atoms with Crippen LogP contribution in [0.2, 0.25) is 0 Å². The van der Waals surface area contributed by atoms with Crippen LogP contribution in [0, 0.1) is 0 Å². The van der Waals surface area contributed by atoms with Crippen molar-refractivity contribution in [2.75, 3.05) is 38.0 Å². The van der Waals surface area contributed by atoms with Crippen molar-refractivity contribution < 1.29 is 14.3 Å². The van der Waals surface area contributed by atoms with Crippen LogP contribution in [-0.4, -0.2) is 43.5 Å². The Hall–Kier alpha value is -3.74. The number of ether oxygens (including phenoxy) is 2. The smallest absolute Gasteiger partial charge is 0.249 e. The summed E-state index contributed by atoms with van der Waals surface area (Å²) in [5.74, 6) is 1.70. The quantitative estimate of drug-likeness (QED) is 0.529. The summed E-state index contributed by atoms with van der Waals surface area (Å²) in [5.41, 5.74) is 3.07. The molecule has 0 spiro atoms. The highest BCUT2D eigenvalue weighted by molar-refractivity contribution is 6.01. The third-order valence-corrected chi connectivity index (χ3v) is 4.67. The van der Waals surface area contributed by atoms with Gasteiger partial charge >= 0.3 is 0 Å². The summed E-state index contributed by atoms with van der Waals surface area (Å²) >= 11 is 0. The number of carbonyl (C=O) groups is 1. The predicted octanol–water partition coefficient (Wildman–Crippen LogP) is 4.06. The van der Waals surface area contributed by atoms with Crippen LogP contribution in [0.4, 0.5) is 11.5 Å². The summed E-state index contributed by atoms with van der Waals surface area (Å²) < 4.78 is 12.6. The first-order chi connectivity index (χ1) is 15.0. The summed E-state index contributed by atoms with van der Waals surface area (Å²) in [4.78, 5) is 14.5. The summed E-state index contributed by atoms with van der Waals surface area (Å²) in [5, 5.41) is 7.21. The van der Waals surface area contributed by atoms with E-state index in [1.165, 1.54) is 6.08 Å². The van der Waals surface area contributed by atoms with Crippen LogP contribution in [0.3, 0.4) is 0 Å². The molecule has 31 heavy (non-hydrogen) atoms. The average molecular weight is 421 g/mol. The van der Waals surface area contributed by atoms with Gasteiger partial charge in [0.15, 0.2) is 11.5 Å². The van der Waals surface area contributed by atoms with Crippen LogP contribution in [0.1, 0.15) is 18.1 Å². The fourth-order valence-electron chi connectivity index (χ4n) is 3.04. The number of nitrogens with zero attached hydrogens (tertiary/aromatic N) is 3. The van der Waals surface area contributed by atoms with Gasteiger partial charge in [-0.15, -0.1) is 0 Å². The molecule has 0 aliphatic heterocycles. The zero-order valence-corrected chi connectivity index (χ0v) is 18.3. The second-order valence-corrected chi connectivity index (χ2v) is 7.10. The van der Waals surface area contributed by atoms with Crippen molar-refractivity contribution in [1.29, 1.82) is 0 Å². The van der Waals surface area contributed by atoms with E-state index in [9.17, 15) is 4.79 Å². The molecule has 0 aliphatic carbocycles. The summed E-state index contributed by atoms with van der Waals surface area (Å²) in [6, 6.07) is 15.5. The Morgan fingerprint density at radius 1 is 1.13 bits per heavy atom. The number of aromatic nitrogens is 2. The maximum Gasteiger partial charge on any atom is 0.249 e. The number of hydrogen-bond acceptors (Lipinski definition) is 5. The van der Waals surface area contributed by atoms with Gasteiger partial charge in [-0.05, 0) is 48.4 Å². The van der Waals surface area contributed by atoms with Crippen molar-refractivity contribution >= 4 is 23.5 Å². The van der Waals surface area contributed by atoms with E-state index in [-0.39, 0.29) is 5.91 Å². The van der Waals surface area contributed by atoms with E-state index in [2.05, 4.69) is 39.6 Å². The minimum absolute atomic E-state index is 0.238. The molecule has 1 N–H and O–H groups in total. The number of rotatable bonds is 9. The van der Waals surface area contributed by atoms with E-state index >= 15 is 0 Å². The van der Waals surface area contributed by atoms with Gasteiger partial charge in [0.25, 0.3) is 0 Å². The van der Waals surface area contributed by atoms with Crippen LogP contribution in [0.15, 0.2) is 60.8 Å². The number of carbonyl (C=O) groups excluding carboxylic acids is 1. The van der Waals surface area contributed by atoms with Gasteiger partial charge < -0.3 is 19.7 Å². The van der Waals surface area contributed by atoms with Gasteiger partial charge in [-0.1, -0.05) is 18.2 Å². The molecule has 0 saturated heterocycles. The van der Waals surface area contributed by atoms with E-state index in [0.29, 0.717) is 30.5 Å². The lowest BCUT2D eigenvalue weighted by molar-refractivity contribution is -0.111. The summed E-state index contributed by atoms with van der Waals surface area (Å²) in [6.07, 6.45) is 4.89. The summed E-state index contributed by atoms with van der Waals surface area (Å²) in [6.45, 7) is 3.01. The maximum atomic E-state index is 12.4. The third kappa shape index (κ3) is 5.88. The van der Waals surface area contributed by atoms with Gasteiger partial charge in [0.05, 0.1) is 26.5 Å². The van der Waals surface area contributed by atoms with Gasteiger partial charge in [0.2, 0.25) is 5.91 Å². The van der Waals surface area contributed by atoms with E-state index in [4.69, 9.17) is 9.47 Å². The minimum Gasteiger partial charge on any atom is -0.493 e. The van der Waals surface area contributed by atoms with E-state index < -0.39 is 0 Å². The van der Waals surface area contributed by atoms with Crippen LogP contribution in [0.25, 0.3) is 6.08 Å². The van der Waals surface area contributed by atoms with Crippen LogP contribution >= 0.6 is 0 Å². The predicted molar refractivity (Wildman–Crippen MR) is 124 cm³/mol. The second-order valence-electron chi connectivity index (χ2n) is 7.10. The highest BCUT2D eigenvalue weighted by Crippen LogP contribution is 2.28. The molecular formula is C24H28N4O3. The van der Waals surface area contributed by atoms with Gasteiger partial charge in [-0.25, -0.2) is 4.68 Å². The Kier molecular flexibility index (Phi) is 7.32. The number of methoxy groups -OCH3 is 1. The highest BCUT2D eigenvalue weighted by Gasteiger charge is 2.07. The largest absolute Gasteiger partial charge is 0.493 e. The molecule has 7 heteroatoms. The molecule has 0 aliphatic rings. The van der Waals surface area contributed by atoms with Crippen LogP contribution in [0.5, 0.6) is 11.5 Å². The van der Waals surface area contributed by atoms with Crippen molar-refractivity contribution in [3.05, 3.63) is 71.9 Å². The third-order valence-electron chi connectivity index (χ3n) is 4.67. The molecule has 1 heterocycles. The number of anilines is 2. The molecule has 7 nitrogen and oxygen atoms in total. The molecule has 3 aromatic rings. The number of amides is 1. The Morgan fingerprint density at radius 2 is 1.90 bits per heavy atom. The molecule has 3 rings (SSSR count). The monoisotopic (exact) mass is 420 g/mol. The van der Waals surface area contributed by atoms with E-state index in [0.717, 1.165) is 16.8 Å². The Bertz CT molecular complexity index is 1040. The number of nitrogens with one attached hydrogen (secondary N) is 1. The first-order valence-electron chi connectivity index (χ1n) is 10.1. The number of benzene rings is 2. The van der Waals surface area contributed by atoms with Gasteiger partial charge in [-0.3, -0.25) is 4.79 Å². The molecule has 0 radical (unpaired) electrons. The molecule has 2 aromatic carbocycles. The van der Waals surface area contributed by atoms with Gasteiger partial charge in [-0.2, -0.15) is 5.10 Å². The lowest BCUT2D eigenvalue weighted by atomic mass is 10.2. The van der Waals surface area contributed by atoms with Crippen molar-refractivity contribution in [1.82, 2.24) is 9.78 Å². The fraction of sp³-hybridized carbons (Fsp3) is 0.250. The van der Waals surface area contributed by atoms with Gasteiger partial charge in [0.1, 0.15) is 5.82 Å². The molecule has 1 amide bonds. The number of hydrogen-bond donors (Lipinski definition) is 1. The topological polar surface area (TPSA) is 68.6 Å². The molecule has 0 saturated carbocycles. The summed E-state index contributed by atoms with van der Waals surface area (Å²) in [7, 11) is 5.61. The SMILES string of the molecule is CCOc1cc(/C=C/C(=O)Nc2ccnn2Cc2ccc(N(C)C)cc2)ccc1OC.